The Labute approximate surface area is 133 Å². The second-order valence-corrected chi connectivity index (χ2v) is 6.83. The van der Waals surface area contributed by atoms with Gasteiger partial charge in [-0.15, -0.1) is 0 Å². The van der Waals surface area contributed by atoms with Gasteiger partial charge in [0.15, 0.2) is 0 Å². The molecular weight excluding hydrogens is 326 g/mol. The smallest absolute Gasteiger partial charge is 0.221 e. The van der Waals surface area contributed by atoms with Crippen molar-refractivity contribution in [2.24, 2.45) is 0 Å². The Morgan fingerprint density at radius 2 is 1.95 bits per heavy atom. The Bertz CT molecular complexity index is 655. The number of amides is 1. The largest absolute Gasteiger partial charge is 0.352 e. The molecule has 1 saturated heterocycles. The van der Waals surface area contributed by atoms with Crippen LogP contribution in [0.15, 0.2) is 59.1 Å². The van der Waals surface area contributed by atoms with E-state index in [1.807, 2.05) is 30.3 Å². The third-order valence-corrected chi connectivity index (χ3v) is 4.89. The minimum atomic E-state index is -0.170. The van der Waals surface area contributed by atoms with Gasteiger partial charge in [-0.25, -0.2) is 0 Å². The summed E-state index contributed by atoms with van der Waals surface area (Å²) in [7, 11) is 0. The molecule has 2 unspecified atom stereocenters. The first-order valence-electron chi connectivity index (χ1n) is 7.17. The summed E-state index contributed by atoms with van der Waals surface area (Å²) in [5, 5.41) is 3.16. The maximum atomic E-state index is 12.0. The van der Waals surface area contributed by atoms with Crippen LogP contribution in [-0.2, 0) is 16.6 Å². The quantitative estimate of drug-likeness (QED) is 0.901. The van der Waals surface area contributed by atoms with Crippen molar-refractivity contribution in [2.75, 3.05) is 0 Å². The van der Waals surface area contributed by atoms with E-state index in [0.717, 1.165) is 10.9 Å². The van der Waals surface area contributed by atoms with Gasteiger partial charge in [-0.3, -0.25) is 4.79 Å². The van der Waals surface area contributed by atoms with Gasteiger partial charge in [-0.1, -0.05) is 65.3 Å². The molecule has 0 aromatic heterocycles. The fourth-order valence-electron chi connectivity index (χ4n) is 3.13. The molecule has 1 aliphatic rings. The van der Waals surface area contributed by atoms with E-state index in [1.165, 1.54) is 11.1 Å². The lowest BCUT2D eigenvalue weighted by Crippen LogP contribution is -2.40. The molecule has 1 N–H and O–H groups in total. The summed E-state index contributed by atoms with van der Waals surface area (Å²) < 4.78 is 1.05. The fourth-order valence-corrected chi connectivity index (χ4v) is 3.53. The number of hydrogen-bond donors (Lipinski definition) is 1. The van der Waals surface area contributed by atoms with Crippen LogP contribution in [0, 0.1) is 0 Å². The zero-order valence-corrected chi connectivity index (χ0v) is 13.6. The number of carbonyl (C=O) groups excluding carboxylic acids is 1. The van der Waals surface area contributed by atoms with Crippen LogP contribution in [0.5, 0.6) is 0 Å². The van der Waals surface area contributed by atoms with Crippen molar-refractivity contribution in [2.45, 2.75) is 31.2 Å². The molecule has 2 atom stereocenters. The number of halogens is 1. The molecule has 0 spiro atoms. The van der Waals surface area contributed by atoms with Crippen LogP contribution in [0.2, 0.25) is 0 Å². The Morgan fingerprint density at radius 1 is 1.19 bits per heavy atom. The Kier molecular flexibility index (Phi) is 3.85. The topological polar surface area (TPSA) is 29.1 Å². The van der Waals surface area contributed by atoms with E-state index in [0.29, 0.717) is 6.42 Å². The van der Waals surface area contributed by atoms with Gasteiger partial charge >= 0.3 is 0 Å². The molecule has 0 aliphatic carbocycles. The molecule has 1 fully saturated rings. The first kappa shape index (κ1) is 14.3. The second-order valence-electron chi connectivity index (χ2n) is 5.91. The molecule has 2 aromatic rings. The summed E-state index contributed by atoms with van der Waals surface area (Å²) in [6, 6.07) is 18.8. The van der Waals surface area contributed by atoms with Crippen LogP contribution in [0.3, 0.4) is 0 Å². The number of rotatable bonds is 3. The summed E-state index contributed by atoms with van der Waals surface area (Å²) in [6.45, 7) is 2.18. The number of nitrogens with one attached hydrogen (secondary N) is 1. The molecular formula is C18H18BrNO. The van der Waals surface area contributed by atoms with E-state index in [4.69, 9.17) is 0 Å². The van der Waals surface area contributed by atoms with Crippen LogP contribution < -0.4 is 5.32 Å². The molecule has 3 rings (SSSR count). The predicted molar refractivity (Wildman–Crippen MR) is 88.2 cm³/mol. The molecule has 2 aromatic carbocycles. The highest BCUT2D eigenvalue weighted by Gasteiger charge is 2.44. The molecule has 0 radical (unpaired) electrons. The molecule has 21 heavy (non-hydrogen) atoms. The molecule has 1 aliphatic heterocycles. The number of carbonyl (C=O) groups is 1. The van der Waals surface area contributed by atoms with Gasteiger partial charge in [0, 0.05) is 22.4 Å². The van der Waals surface area contributed by atoms with Gasteiger partial charge in [0.1, 0.15) is 0 Å². The molecule has 0 bridgehead atoms. The molecule has 0 saturated carbocycles. The van der Waals surface area contributed by atoms with Crippen molar-refractivity contribution in [1.29, 1.82) is 0 Å². The molecule has 1 amide bonds. The lowest BCUT2D eigenvalue weighted by atomic mass is 9.74. The van der Waals surface area contributed by atoms with Crippen molar-refractivity contribution in [3.05, 3.63) is 70.2 Å². The van der Waals surface area contributed by atoms with Crippen LogP contribution >= 0.6 is 15.9 Å². The summed E-state index contributed by atoms with van der Waals surface area (Å²) in [4.78, 5) is 12.0. The van der Waals surface area contributed by atoms with Crippen molar-refractivity contribution < 1.29 is 4.79 Å². The summed E-state index contributed by atoms with van der Waals surface area (Å²) in [5.74, 6) is 0.137. The number of hydrogen-bond acceptors (Lipinski definition) is 1. The van der Waals surface area contributed by atoms with E-state index in [9.17, 15) is 4.79 Å². The second kappa shape index (κ2) is 5.64. The Hall–Kier alpha value is -1.61. The number of benzene rings is 2. The third-order valence-electron chi connectivity index (χ3n) is 4.40. The van der Waals surface area contributed by atoms with Crippen LogP contribution in [0.4, 0.5) is 0 Å². The van der Waals surface area contributed by atoms with Gasteiger partial charge in [-0.2, -0.15) is 0 Å². The minimum Gasteiger partial charge on any atom is -0.352 e. The highest BCUT2D eigenvalue weighted by molar-refractivity contribution is 9.10. The van der Waals surface area contributed by atoms with Crippen molar-refractivity contribution in [3.63, 3.8) is 0 Å². The van der Waals surface area contributed by atoms with Gasteiger partial charge in [-0.05, 0) is 29.7 Å². The highest BCUT2D eigenvalue weighted by Crippen LogP contribution is 2.38. The van der Waals surface area contributed by atoms with Crippen molar-refractivity contribution in [1.82, 2.24) is 5.32 Å². The van der Waals surface area contributed by atoms with Crippen LogP contribution in [0.1, 0.15) is 24.5 Å². The van der Waals surface area contributed by atoms with E-state index in [1.54, 1.807) is 0 Å². The minimum absolute atomic E-state index is 0.127. The SMILES string of the molecule is CC1(c2cccc(Br)c2)CC(=O)NC1Cc1ccccc1. The standard InChI is InChI=1S/C18H18BrNO/c1-18(14-8-5-9-15(19)11-14)12-17(21)20-16(18)10-13-6-3-2-4-7-13/h2-9,11,16H,10,12H2,1H3,(H,20,21). The van der Waals surface area contributed by atoms with Gasteiger partial charge in [0.25, 0.3) is 0 Å². The van der Waals surface area contributed by atoms with E-state index in [-0.39, 0.29) is 17.4 Å². The molecule has 2 nitrogen and oxygen atoms in total. The summed E-state index contributed by atoms with van der Waals surface area (Å²) in [6.07, 6.45) is 1.40. The average Bonchev–Trinajstić information content (AvgIpc) is 2.75. The summed E-state index contributed by atoms with van der Waals surface area (Å²) >= 11 is 3.53. The Balaban J connectivity index is 1.93. The molecule has 108 valence electrons. The van der Waals surface area contributed by atoms with E-state index in [2.05, 4.69) is 52.4 Å². The first-order valence-corrected chi connectivity index (χ1v) is 7.96. The summed E-state index contributed by atoms with van der Waals surface area (Å²) in [5.41, 5.74) is 2.29. The highest BCUT2D eigenvalue weighted by atomic mass is 79.9. The van der Waals surface area contributed by atoms with Crippen molar-refractivity contribution >= 4 is 21.8 Å². The third kappa shape index (κ3) is 2.88. The van der Waals surface area contributed by atoms with E-state index < -0.39 is 0 Å². The van der Waals surface area contributed by atoms with E-state index >= 15 is 0 Å². The van der Waals surface area contributed by atoms with Gasteiger partial charge < -0.3 is 5.32 Å². The van der Waals surface area contributed by atoms with Crippen LogP contribution in [0.25, 0.3) is 0 Å². The zero-order chi connectivity index (χ0) is 14.9. The predicted octanol–water partition coefficient (Wildman–Crippen LogP) is 3.84. The lowest BCUT2D eigenvalue weighted by molar-refractivity contribution is -0.119. The monoisotopic (exact) mass is 343 g/mol. The van der Waals surface area contributed by atoms with Crippen LogP contribution in [-0.4, -0.2) is 11.9 Å². The first-order chi connectivity index (χ1) is 10.1. The van der Waals surface area contributed by atoms with Gasteiger partial charge in [0.05, 0.1) is 0 Å². The van der Waals surface area contributed by atoms with Crippen molar-refractivity contribution in [3.8, 4) is 0 Å². The maximum absolute atomic E-state index is 12.0. The zero-order valence-electron chi connectivity index (χ0n) is 12.0. The lowest BCUT2D eigenvalue weighted by Gasteiger charge is -2.31. The fraction of sp³-hybridized carbons (Fsp3) is 0.278. The average molecular weight is 344 g/mol. The maximum Gasteiger partial charge on any atom is 0.221 e. The Morgan fingerprint density at radius 3 is 2.67 bits per heavy atom. The normalized spacial score (nSPS) is 24.9. The molecule has 1 heterocycles. The molecule has 3 heteroatoms. The van der Waals surface area contributed by atoms with Gasteiger partial charge in [0.2, 0.25) is 5.91 Å².